The summed E-state index contributed by atoms with van der Waals surface area (Å²) in [4.78, 5) is 82.5. The lowest BCUT2D eigenvalue weighted by atomic mass is 9.99. The molecule has 16 aromatic rings. The zero-order valence-corrected chi connectivity index (χ0v) is 78.3. The third-order valence-electron chi connectivity index (χ3n) is 23.2. The molecule has 0 bridgehead atoms. The Bertz CT molecular complexity index is 7450. The minimum absolute atomic E-state index is 0.0261. The molecule has 0 atom stereocenters. The molecule has 9 aromatic carbocycles. The summed E-state index contributed by atoms with van der Waals surface area (Å²) in [6.07, 6.45) is 12.5. The van der Waals surface area contributed by atoms with Crippen LogP contribution >= 0.6 is 34.8 Å². The van der Waals surface area contributed by atoms with Crippen molar-refractivity contribution in [3.8, 4) is 45.0 Å². The first-order valence-electron chi connectivity index (χ1n) is 42.8. The van der Waals surface area contributed by atoms with Crippen molar-refractivity contribution in [1.82, 2.24) is 34.9 Å². The molecule has 4 saturated heterocycles. The Kier molecular flexibility index (Phi) is 27.0. The van der Waals surface area contributed by atoms with Gasteiger partial charge in [-0.3, -0.25) is 56.3 Å². The number of rotatable bonds is 16. The Hall–Kier alpha value is -14.3. The van der Waals surface area contributed by atoms with Gasteiger partial charge in [-0.05, 0) is 275 Å². The normalized spacial score (nSPS) is 14.9. The van der Waals surface area contributed by atoms with Gasteiger partial charge in [-0.1, -0.05) is 65.1 Å². The van der Waals surface area contributed by atoms with Gasteiger partial charge in [-0.15, -0.1) is 0 Å². The zero-order valence-electron chi connectivity index (χ0n) is 72.8. The number of aryl methyl sites for hydroxylation is 3. The molecule has 0 saturated carbocycles. The Morgan fingerprint density at radius 3 is 1.10 bits per heavy atom. The van der Waals surface area contributed by atoms with Crippen molar-refractivity contribution in [3.63, 3.8) is 0 Å². The standard InChI is InChI=1S/C27H25N3O3S.C25H21ClN4O3S.2C24H18ClFN4O3S/c1-18-8-9-21(17-25(18)26-24-7-4-3-6-20(24)12-13-28-26)29-27(31)23-11-10-22(16-19(23)2)30-14-5-15-34(30,32)33;1-16-13-19(30-11-2-12-34(30,32)33)5-6-20(16)25(31)28-18-4-7-22(26)21(14-18)24-8-3-17-15-27-10-9-23(17)29-24;25-20-6-3-16(12-19(20)23-7-2-15-14-27-9-8-22(15)29-23)28-24(31)18-5-4-17(13-21(18)26)30-10-1-11-34(30,32)33;25-19-7-4-15(13-18(19)21-8-9-22-23(29-21)3-1-10-27-22)28-24(31)17-6-5-16(14-20(17)26)30-11-2-12-34(30,32)33/h3-4,6-13,16-17H,5,14-15H2,1-2H3,(H,29,31);3-10,13-15H,2,11-12H2,1H3,(H,28,31);2-9,12-14H,1,10-11H2,(H,28,31);1,3-10,13-14H,2,11-12H2,(H,28,31). The van der Waals surface area contributed by atoms with E-state index in [1.165, 1.54) is 32.9 Å². The van der Waals surface area contributed by atoms with Gasteiger partial charge in [0.05, 0.1) is 117 Å². The molecule has 688 valence electrons. The van der Waals surface area contributed by atoms with Crippen LogP contribution in [-0.4, -0.2) is 141 Å². The number of hydrogen-bond donors (Lipinski definition) is 4. The average molecular weight is 1960 g/mol. The molecular formula is C100H82Cl3F2N15O12S4. The number of fused-ring (bicyclic) bond motifs is 4. The summed E-state index contributed by atoms with van der Waals surface area (Å²) < 4.78 is 132. The highest BCUT2D eigenvalue weighted by Crippen LogP contribution is 2.39. The van der Waals surface area contributed by atoms with Crippen molar-refractivity contribution < 1.29 is 61.6 Å². The summed E-state index contributed by atoms with van der Waals surface area (Å²) in [6.45, 7) is 7.16. The van der Waals surface area contributed by atoms with Crippen molar-refractivity contribution in [3.05, 3.63) is 339 Å². The van der Waals surface area contributed by atoms with E-state index in [9.17, 15) is 61.6 Å². The van der Waals surface area contributed by atoms with Crippen LogP contribution in [0.2, 0.25) is 15.1 Å². The highest BCUT2D eigenvalue weighted by Gasteiger charge is 2.34. The van der Waals surface area contributed by atoms with E-state index in [2.05, 4.69) is 62.2 Å². The number of hydrogen-bond acceptors (Lipinski definition) is 19. The van der Waals surface area contributed by atoms with Gasteiger partial charge in [0.25, 0.3) is 23.6 Å². The third kappa shape index (κ3) is 20.5. The van der Waals surface area contributed by atoms with E-state index in [1.54, 1.807) is 153 Å². The topological polar surface area (TPSA) is 356 Å². The maximum Gasteiger partial charge on any atom is 0.258 e. The number of aromatic nitrogens is 7. The fourth-order valence-corrected chi connectivity index (χ4v) is 23.2. The van der Waals surface area contributed by atoms with Gasteiger partial charge >= 0.3 is 0 Å². The molecule has 4 aliphatic heterocycles. The molecule has 27 nitrogen and oxygen atoms in total. The average Bonchev–Trinajstić information content (AvgIpc) is 1.66. The maximum absolute atomic E-state index is 14.7. The van der Waals surface area contributed by atoms with Gasteiger partial charge in [0.15, 0.2) is 0 Å². The first-order valence-corrected chi connectivity index (χ1v) is 50.4. The Morgan fingerprint density at radius 2 is 0.699 bits per heavy atom. The molecule has 7 aromatic heterocycles. The molecule has 0 radical (unpaired) electrons. The van der Waals surface area contributed by atoms with Crippen molar-refractivity contribution >= 4 is 188 Å². The number of benzene rings is 9. The smallest absolute Gasteiger partial charge is 0.258 e. The number of nitrogens with zero attached hydrogens (tertiary/aromatic N) is 11. The Balaban J connectivity index is 0.000000126. The van der Waals surface area contributed by atoms with Gasteiger partial charge in [0, 0.05) is 136 Å². The number of anilines is 8. The van der Waals surface area contributed by atoms with Crippen LogP contribution in [-0.2, 0) is 40.1 Å². The van der Waals surface area contributed by atoms with Crippen molar-refractivity contribution in [2.75, 3.05) is 87.7 Å². The van der Waals surface area contributed by atoms with Crippen LogP contribution in [0.3, 0.4) is 0 Å². The van der Waals surface area contributed by atoms with Gasteiger partial charge in [0.1, 0.15) is 11.6 Å². The second-order valence-corrected chi connectivity index (χ2v) is 41.6. The lowest BCUT2D eigenvalue weighted by Gasteiger charge is -2.18. The molecule has 0 spiro atoms. The van der Waals surface area contributed by atoms with Crippen LogP contribution in [0.5, 0.6) is 0 Å². The van der Waals surface area contributed by atoms with E-state index in [-0.39, 0.29) is 57.3 Å². The van der Waals surface area contributed by atoms with Crippen molar-refractivity contribution in [2.24, 2.45) is 0 Å². The lowest BCUT2D eigenvalue weighted by Crippen LogP contribution is -2.25. The van der Waals surface area contributed by atoms with Crippen LogP contribution in [0.25, 0.3) is 88.6 Å². The number of sulfonamides is 4. The van der Waals surface area contributed by atoms with Gasteiger partial charge in [0.2, 0.25) is 40.1 Å². The van der Waals surface area contributed by atoms with E-state index in [0.29, 0.717) is 157 Å². The minimum Gasteiger partial charge on any atom is -0.322 e. The number of pyridine rings is 7. The van der Waals surface area contributed by atoms with E-state index in [4.69, 9.17) is 34.8 Å². The highest BCUT2D eigenvalue weighted by molar-refractivity contribution is 7.94. The Labute approximate surface area is 796 Å². The summed E-state index contributed by atoms with van der Waals surface area (Å²) in [5.41, 5.74) is 15.3. The van der Waals surface area contributed by atoms with Crippen LogP contribution in [0.4, 0.5) is 54.3 Å². The monoisotopic (exact) mass is 1960 g/mol. The molecule has 136 heavy (non-hydrogen) atoms. The first-order chi connectivity index (χ1) is 65.3. The quantitative estimate of drug-likeness (QED) is 0.0698. The fraction of sp³-hybridized carbons (Fsp3) is 0.150. The predicted molar refractivity (Wildman–Crippen MR) is 532 cm³/mol. The summed E-state index contributed by atoms with van der Waals surface area (Å²) in [5, 5.41) is 16.6. The molecule has 11 heterocycles. The molecule has 0 aliphatic carbocycles. The summed E-state index contributed by atoms with van der Waals surface area (Å²) >= 11 is 19.2. The molecule has 4 N–H and O–H groups in total. The molecule has 20 rings (SSSR count). The number of carbonyl (C=O) groups excluding carboxylic acids is 4. The molecule has 0 unspecified atom stereocenters. The van der Waals surface area contributed by atoms with Crippen LogP contribution in [0.15, 0.2) is 274 Å². The van der Waals surface area contributed by atoms with Crippen LogP contribution in [0, 0.1) is 32.4 Å². The largest absolute Gasteiger partial charge is 0.322 e. The summed E-state index contributed by atoms with van der Waals surface area (Å²) in [7, 11) is -13.4. The fourth-order valence-electron chi connectivity index (χ4n) is 16.3. The van der Waals surface area contributed by atoms with Crippen LogP contribution < -0.4 is 38.5 Å². The van der Waals surface area contributed by atoms with Gasteiger partial charge in [-0.2, -0.15) is 0 Å². The number of carbonyl (C=O) groups is 4. The minimum atomic E-state index is -3.44. The number of halogens is 5. The molecular weight excluding hydrogens is 1880 g/mol. The molecule has 4 aliphatic rings. The predicted octanol–water partition coefficient (Wildman–Crippen LogP) is 20.1. The molecule has 4 amide bonds. The van der Waals surface area contributed by atoms with Crippen molar-refractivity contribution in [1.29, 1.82) is 0 Å². The lowest BCUT2D eigenvalue weighted by molar-refractivity contribution is 0.101. The van der Waals surface area contributed by atoms with Gasteiger partial charge in [-0.25, -0.2) is 57.4 Å². The number of nitrogens with one attached hydrogen (secondary N) is 4. The second kappa shape index (κ2) is 39.3. The van der Waals surface area contributed by atoms with E-state index in [0.717, 1.165) is 81.2 Å². The molecule has 36 heteroatoms. The van der Waals surface area contributed by atoms with E-state index < -0.39 is 63.5 Å². The second-order valence-electron chi connectivity index (χ2n) is 32.4. The van der Waals surface area contributed by atoms with E-state index in [1.807, 2.05) is 98.8 Å². The summed E-state index contributed by atoms with van der Waals surface area (Å²) in [6, 6.07) is 67.0. The van der Waals surface area contributed by atoms with E-state index >= 15 is 0 Å². The number of amides is 4. The SMILES string of the molecule is Cc1cc(N2CCCS2(=O)=O)ccc1C(=O)Nc1ccc(C)c(-c2nccc3ccccc23)c1.Cc1cc(N2CCCS2(=O)=O)ccc1C(=O)Nc1ccc(Cl)c(-c2ccc3cnccc3n2)c1.O=C(Nc1ccc(Cl)c(-c2ccc3cnccc3n2)c1)c1ccc(N2CCCS2(=O)=O)cc1F.O=C(Nc1ccc(Cl)c(-c2ccc3ncccc3n2)c1)c1ccc(N2CCCS2(=O)=O)cc1F. The van der Waals surface area contributed by atoms with Crippen molar-refractivity contribution in [2.45, 2.75) is 46.5 Å². The molecule has 4 fully saturated rings. The maximum atomic E-state index is 14.7. The highest BCUT2D eigenvalue weighted by atomic mass is 35.5. The Morgan fingerprint density at radius 1 is 0.324 bits per heavy atom. The zero-order chi connectivity index (χ0) is 95.5. The summed E-state index contributed by atoms with van der Waals surface area (Å²) in [5.74, 6) is -3.13. The first kappa shape index (κ1) is 93.5. The van der Waals surface area contributed by atoms with Gasteiger partial charge < -0.3 is 21.3 Å². The van der Waals surface area contributed by atoms with Crippen LogP contribution in [0.1, 0.15) is 83.8 Å². The third-order valence-corrected chi connectivity index (χ3v) is 31.7.